The summed E-state index contributed by atoms with van der Waals surface area (Å²) < 4.78 is 21.8. The molecule has 15 rings (SSSR count). The van der Waals surface area contributed by atoms with E-state index in [1.807, 2.05) is 0 Å². The minimum absolute atomic E-state index is 0.508. The molecule has 75 heavy (non-hydrogen) atoms. The van der Waals surface area contributed by atoms with E-state index in [0.717, 1.165) is 111 Å². The lowest BCUT2D eigenvalue weighted by Crippen LogP contribution is -2.11. The second-order valence-corrected chi connectivity index (χ2v) is 21.7. The summed E-state index contributed by atoms with van der Waals surface area (Å²) in [6, 6.07) is 67.0. The molecular formula is C70H58N2O3. The fourth-order valence-electron chi connectivity index (χ4n) is 13.6. The van der Waals surface area contributed by atoms with E-state index in [9.17, 15) is 0 Å². The van der Waals surface area contributed by atoms with Crippen LogP contribution >= 0.6 is 0 Å². The Hall–Kier alpha value is -8.28. The quantitative estimate of drug-likeness (QED) is 0.152. The van der Waals surface area contributed by atoms with Gasteiger partial charge in [-0.2, -0.15) is 0 Å². The Morgan fingerprint density at radius 3 is 1.07 bits per heavy atom. The summed E-state index contributed by atoms with van der Waals surface area (Å²) in [5.74, 6) is 1.02. The Labute approximate surface area is 436 Å². The third kappa shape index (κ3) is 7.11. The monoisotopic (exact) mass is 974 g/mol. The van der Waals surface area contributed by atoms with E-state index in [1.165, 1.54) is 97.2 Å². The van der Waals surface area contributed by atoms with Gasteiger partial charge in [0, 0.05) is 65.2 Å². The highest BCUT2D eigenvalue weighted by Crippen LogP contribution is 2.52. The molecule has 10 aromatic carbocycles. The maximum Gasteiger partial charge on any atom is 0.159 e. The molecule has 0 saturated heterocycles. The van der Waals surface area contributed by atoms with Gasteiger partial charge in [-0.05, 0) is 122 Å². The number of furan rings is 3. The molecule has 5 nitrogen and oxygen atoms in total. The highest BCUT2D eigenvalue weighted by molar-refractivity contribution is 6.26. The lowest BCUT2D eigenvalue weighted by molar-refractivity contribution is 0.442. The van der Waals surface area contributed by atoms with Gasteiger partial charge in [-0.3, -0.25) is 0 Å². The van der Waals surface area contributed by atoms with Gasteiger partial charge >= 0.3 is 0 Å². The minimum atomic E-state index is 0.508. The van der Waals surface area contributed by atoms with Gasteiger partial charge in [0.15, 0.2) is 11.2 Å². The smallest absolute Gasteiger partial charge is 0.159 e. The number of hydrogen-bond acceptors (Lipinski definition) is 5. The van der Waals surface area contributed by atoms with E-state index in [4.69, 9.17) is 13.3 Å². The van der Waals surface area contributed by atoms with Crippen LogP contribution in [-0.2, 0) is 0 Å². The molecule has 3 aromatic heterocycles. The summed E-state index contributed by atoms with van der Waals surface area (Å²) in [4.78, 5) is 4.87. The number of fused-ring (bicyclic) bond motifs is 13. The van der Waals surface area contributed by atoms with Crippen molar-refractivity contribution >= 4 is 121 Å². The molecule has 0 bridgehead atoms. The van der Waals surface area contributed by atoms with Crippen molar-refractivity contribution in [2.24, 2.45) is 0 Å². The van der Waals surface area contributed by atoms with Gasteiger partial charge in [0.05, 0.1) is 22.7 Å². The van der Waals surface area contributed by atoms with Gasteiger partial charge in [-0.25, -0.2) is 0 Å². The van der Waals surface area contributed by atoms with Gasteiger partial charge in [0.1, 0.15) is 22.3 Å². The first-order valence-electron chi connectivity index (χ1n) is 27.5. The maximum atomic E-state index is 7.30. The van der Waals surface area contributed by atoms with Crippen molar-refractivity contribution in [2.45, 2.75) is 89.9 Å². The minimum Gasteiger partial charge on any atom is -0.455 e. The molecule has 2 aliphatic rings. The lowest BCUT2D eigenvalue weighted by atomic mass is 9.83. The van der Waals surface area contributed by atoms with Crippen molar-refractivity contribution in [3.05, 3.63) is 204 Å². The van der Waals surface area contributed by atoms with Crippen LogP contribution in [0.3, 0.4) is 0 Å². The Balaban J connectivity index is 0.998. The third-order valence-electron chi connectivity index (χ3n) is 17.1. The molecule has 5 heteroatoms. The van der Waals surface area contributed by atoms with E-state index < -0.39 is 0 Å². The average molecular weight is 975 g/mol. The van der Waals surface area contributed by atoms with Crippen LogP contribution in [0.4, 0.5) is 34.1 Å². The van der Waals surface area contributed by atoms with Crippen molar-refractivity contribution in [3.63, 3.8) is 0 Å². The summed E-state index contributed by atoms with van der Waals surface area (Å²) in [7, 11) is 0. The van der Waals surface area contributed by atoms with E-state index in [1.54, 1.807) is 0 Å². The molecule has 0 radical (unpaired) electrons. The van der Waals surface area contributed by atoms with Crippen molar-refractivity contribution in [2.75, 3.05) is 9.80 Å². The standard InChI is InChI=1S/C70H58N2O3/c1-43-19-13-25-47(39-43)71(61-37-17-35-57-55-33-15-31-49(65(55)74-69(57)61)45-21-5-3-6-22-45)63-41-59-60-42-64(52-28-10-12-30-54(52)68(60)73-67(59)53-29-11-9-27-51(53)63)72(48-26-14-20-44(2)40-48)62-38-18-36-58-56-34-16-32-50(66(56)75-70(58)62)46-23-7-4-8-24-46/h9-20,25-42,45-46H,3-8,21-24H2,1-2H3. The van der Waals surface area contributed by atoms with Crippen LogP contribution in [-0.4, -0.2) is 0 Å². The van der Waals surface area contributed by atoms with E-state index in [2.05, 4.69) is 206 Å². The number of para-hydroxylation sites is 4. The first-order valence-corrected chi connectivity index (χ1v) is 27.5. The molecule has 3 heterocycles. The Morgan fingerprint density at radius 2 is 0.640 bits per heavy atom. The molecule has 13 aromatic rings. The normalized spacial score (nSPS) is 15.0. The summed E-state index contributed by atoms with van der Waals surface area (Å²) in [5.41, 5.74) is 16.9. The summed E-state index contributed by atoms with van der Waals surface area (Å²) in [6.45, 7) is 4.36. The largest absolute Gasteiger partial charge is 0.455 e. The highest BCUT2D eigenvalue weighted by atomic mass is 16.3. The molecule has 0 spiro atoms. The zero-order valence-corrected chi connectivity index (χ0v) is 42.7. The molecule has 0 unspecified atom stereocenters. The fraction of sp³-hybridized carbons (Fsp3) is 0.200. The molecule has 0 aliphatic heterocycles. The van der Waals surface area contributed by atoms with Crippen LogP contribution in [0, 0.1) is 13.8 Å². The van der Waals surface area contributed by atoms with Crippen molar-refractivity contribution in [1.29, 1.82) is 0 Å². The number of aryl methyl sites for hydroxylation is 2. The van der Waals surface area contributed by atoms with Gasteiger partial charge in [-0.1, -0.05) is 172 Å². The molecule has 2 aliphatic carbocycles. The molecule has 2 fully saturated rings. The SMILES string of the molecule is Cc1cccc(N(c2cc3c4cc(N(c5cccc(C)c5)c5cccc6c5oc5c(C7CCCCC7)cccc56)c5ccccc5c4oc3c3ccccc23)c2cccc3c2oc2c(C4CCCCC4)cccc23)c1. The first-order chi connectivity index (χ1) is 37.0. The summed E-state index contributed by atoms with van der Waals surface area (Å²) >= 11 is 0. The van der Waals surface area contributed by atoms with Crippen LogP contribution in [0.15, 0.2) is 195 Å². The number of benzene rings is 10. The highest BCUT2D eigenvalue weighted by Gasteiger charge is 2.29. The van der Waals surface area contributed by atoms with Crippen LogP contribution < -0.4 is 9.80 Å². The summed E-state index contributed by atoms with van der Waals surface area (Å²) in [6.07, 6.45) is 12.5. The van der Waals surface area contributed by atoms with E-state index in [0.29, 0.717) is 11.8 Å². The predicted molar refractivity (Wildman–Crippen MR) is 314 cm³/mol. The van der Waals surface area contributed by atoms with Crippen LogP contribution in [0.5, 0.6) is 0 Å². The zero-order valence-electron chi connectivity index (χ0n) is 42.7. The lowest BCUT2D eigenvalue weighted by Gasteiger charge is -2.28. The number of anilines is 6. The third-order valence-corrected chi connectivity index (χ3v) is 17.1. The van der Waals surface area contributed by atoms with Crippen molar-refractivity contribution < 1.29 is 13.3 Å². The van der Waals surface area contributed by atoms with Crippen LogP contribution in [0.25, 0.3) is 87.4 Å². The molecule has 0 N–H and O–H groups in total. The van der Waals surface area contributed by atoms with Crippen molar-refractivity contribution in [3.8, 4) is 0 Å². The second kappa shape index (κ2) is 17.7. The molecule has 0 amide bonds. The number of hydrogen-bond donors (Lipinski definition) is 0. The second-order valence-electron chi connectivity index (χ2n) is 21.7. The molecule has 366 valence electrons. The average Bonchev–Trinajstić information content (AvgIpc) is 4.20. The Morgan fingerprint density at radius 1 is 0.293 bits per heavy atom. The summed E-state index contributed by atoms with van der Waals surface area (Å²) in [5, 5.41) is 11.0. The zero-order chi connectivity index (χ0) is 49.7. The van der Waals surface area contributed by atoms with Gasteiger partial charge in [-0.15, -0.1) is 0 Å². The maximum absolute atomic E-state index is 7.30. The van der Waals surface area contributed by atoms with Gasteiger partial charge in [0.25, 0.3) is 0 Å². The molecule has 2 saturated carbocycles. The van der Waals surface area contributed by atoms with Gasteiger partial charge in [0.2, 0.25) is 0 Å². The van der Waals surface area contributed by atoms with Crippen LogP contribution in [0.1, 0.15) is 98.3 Å². The Bertz CT molecular complexity index is 4110. The number of rotatable bonds is 8. The van der Waals surface area contributed by atoms with E-state index in [-0.39, 0.29) is 0 Å². The van der Waals surface area contributed by atoms with Crippen LogP contribution in [0.2, 0.25) is 0 Å². The number of nitrogens with zero attached hydrogens (tertiary/aromatic N) is 2. The predicted octanol–water partition coefficient (Wildman–Crippen LogP) is 21.3. The van der Waals surface area contributed by atoms with Gasteiger partial charge < -0.3 is 23.1 Å². The molecular weight excluding hydrogens is 917 g/mol. The van der Waals surface area contributed by atoms with Crippen molar-refractivity contribution in [1.82, 2.24) is 0 Å². The molecule has 0 atom stereocenters. The first kappa shape index (κ1) is 44.2. The topological polar surface area (TPSA) is 45.9 Å². The Kier molecular flexibility index (Phi) is 10.4. The van der Waals surface area contributed by atoms with E-state index >= 15 is 0 Å². The fourth-order valence-corrected chi connectivity index (χ4v) is 13.6.